The minimum Gasteiger partial charge on any atom is -0.480 e. The Balaban J connectivity index is 2.28. The van der Waals surface area contributed by atoms with E-state index in [9.17, 15) is 4.79 Å². The molecule has 0 bridgehead atoms. The van der Waals surface area contributed by atoms with Crippen molar-refractivity contribution in [2.24, 2.45) is 0 Å². The molecule has 0 atom stereocenters. The molecule has 5 nitrogen and oxygen atoms in total. The van der Waals surface area contributed by atoms with E-state index >= 15 is 0 Å². The molecular weight excluding hydrogens is 242 g/mol. The van der Waals surface area contributed by atoms with Crippen molar-refractivity contribution < 1.29 is 9.90 Å². The number of anilines is 1. The molecule has 19 heavy (non-hydrogen) atoms. The summed E-state index contributed by atoms with van der Waals surface area (Å²) in [6, 6.07) is 9.80. The molecule has 0 fully saturated rings. The number of carboxylic acid groups (broad SMARTS) is 1. The summed E-state index contributed by atoms with van der Waals surface area (Å²) in [4.78, 5) is 20.6. The van der Waals surface area contributed by atoms with Crippen LogP contribution in [0.5, 0.6) is 0 Å². The zero-order chi connectivity index (χ0) is 13.8. The summed E-state index contributed by atoms with van der Waals surface area (Å²) < 4.78 is 0. The molecule has 0 saturated carbocycles. The molecule has 98 valence electrons. The second-order valence-electron chi connectivity index (χ2n) is 4.36. The zero-order valence-electron chi connectivity index (χ0n) is 10.9. The Morgan fingerprint density at radius 2 is 1.95 bits per heavy atom. The van der Waals surface area contributed by atoms with E-state index in [1.807, 2.05) is 37.3 Å². The third-order valence-electron chi connectivity index (χ3n) is 2.70. The topological polar surface area (TPSA) is 66.3 Å². The number of carboxylic acids is 1. The van der Waals surface area contributed by atoms with Gasteiger partial charge in [0.2, 0.25) is 5.95 Å². The van der Waals surface area contributed by atoms with E-state index in [4.69, 9.17) is 5.11 Å². The molecule has 0 spiro atoms. The van der Waals surface area contributed by atoms with Crippen LogP contribution in [-0.4, -0.2) is 34.6 Å². The van der Waals surface area contributed by atoms with Gasteiger partial charge in [-0.2, -0.15) is 0 Å². The molecule has 0 aliphatic heterocycles. The number of aromatic nitrogens is 2. The van der Waals surface area contributed by atoms with Crippen LogP contribution in [0.15, 0.2) is 36.5 Å². The number of hydrogen-bond acceptors (Lipinski definition) is 4. The number of likely N-dealkylation sites (N-methyl/N-ethyl adjacent to an activating group) is 1. The maximum Gasteiger partial charge on any atom is 0.323 e. The molecule has 1 heterocycles. The quantitative estimate of drug-likeness (QED) is 0.907. The highest BCUT2D eigenvalue weighted by molar-refractivity contribution is 5.72. The molecule has 5 heteroatoms. The van der Waals surface area contributed by atoms with Gasteiger partial charge in [-0.3, -0.25) is 4.79 Å². The van der Waals surface area contributed by atoms with Crippen LogP contribution < -0.4 is 4.90 Å². The summed E-state index contributed by atoms with van der Waals surface area (Å²) in [5.74, 6) is -0.507. The van der Waals surface area contributed by atoms with Gasteiger partial charge in [-0.05, 0) is 13.0 Å². The summed E-state index contributed by atoms with van der Waals surface area (Å²) in [5, 5.41) is 8.76. The lowest BCUT2D eigenvalue weighted by atomic mass is 10.1. The lowest BCUT2D eigenvalue weighted by Crippen LogP contribution is -2.26. The van der Waals surface area contributed by atoms with Crippen LogP contribution >= 0.6 is 0 Å². The van der Waals surface area contributed by atoms with E-state index in [2.05, 4.69) is 9.97 Å². The molecule has 1 N–H and O–H groups in total. The molecular formula is C14H15N3O2. The second-order valence-corrected chi connectivity index (χ2v) is 4.36. The van der Waals surface area contributed by atoms with Crippen LogP contribution in [0.2, 0.25) is 0 Å². The first kappa shape index (κ1) is 13.0. The Morgan fingerprint density at radius 1 is 1.26 bits per heavy atom. The van der Waals surface area contributed by atoms with Gasteiger partial charge in [0, 0.05) is 18.8 Å². The molecule has 1 aromatic carbocycles. The lowest BCUT2D eigenvalue weighted by molar-refractivity contribution is -0.135. The molecule has 0 amide bonds. The average Bonchev–Trinajstić information content (AvgIpc) is 2.39. The molecule has 0 saturated heterocycles. The van der Waals surface area contributed by atoms with Crippen LogP contribution in [0.4, 0.5) is 5.95 Å². The van der Waals surface area contributed by atoms with Crippen molar-refractivity contribution in [2.45, 2.75) is 6.92 Å². The minimum absolute atomic E-state index is 0.128. The first-order valence-electron chi connectivity index (χ1n) is 5.89. The smallest absolute Gasteiger partial charge is 0.323 e. The van der Waals surface area contributed by atoms with E-state index in [1.54, 1.807) is 13.2 Å². The van der Waals surface area contributed by atoms with Crippen molar-refractivity contribution in [1.82, 2.24) is 9.97 Å². The highest BCUT2D eigenvalue weighted by Gasteiger charge is 2.09. The number of carbonyl (C=O) groups is 1. The van der Waals surface area contributed by atoms with Crippen LogP contribution in [0.25, 0.3) is 11.3 Å². The Morgan fingerprint density at radius 3 is 2.58 bits per heavy atom. The van der Waals surface area contributed by atoms with Gasteiger partial charge in [-0.15, -0.1) is 0 Å². The summed E-state index contributed by atoms with van der Waals surface area (Å²) in [6.45, 7) is 1.90. The minimum atomic E-state index is -0.910. The van der Waals surface area contributed by atoms with Crippen LogP contribution in [-0.2, 0) is 4.79 Å². The number of rotatable bonds is 4. The number of nitrogens with zero attached hydrogens (tertiary/aromatic N) is 3. The van der Waals surface area contributed by atoms with E-state index in [1.165, 1.54) is 10.5 Å². The number of aryl methyl sites for hydroxylation is 1. The lowest BCUT2D eigenvalue weighted by Gasteiger charge is -2.14. The third-order valence-corrected chi connectivity index (χ3v) is 2.70. The largest absolute Gasteiger partial charge is 0.480 e. The van der Waals surface area contributed by atoms with Crippen molar-refractivity contribution in [1.29, 1.82) is 0 Å². The predicted octanol–water partition coefficient (Wildman–Crippen LogP) is 1.97. The summed E-state index contributed by atoms with van der Waals surface area (Å²) >= 11 is 0. The van der Waals surface area contributed by atoms with Crippen molar-refractivity contribution >= 4 is 11.9 Å². The molecule has 1 aromatic heterocycles. The van der Waals surface area contributed by atoms with Gasteiger partial charge in [0.25, 0.3) is 0 Å². The molecule has 0 radical (unpaired) electrons. The fourth-order valence-electron chi connectivity index (χ4n) is 1.69. The van der Waals surface area contributed by atoms with Gasteiger partial charge >= 0.3 is 5.97 Å². The van der Waals surface area contributed by atoms with Crippen molar-refractivity contribution in [3.05, 3.63) is 42.1 Å². The average molecular weight is 257 g/mol. The van der Waals surface area contributed by atoms with Crippen molar-refractivity contribution in [3.63, 3.8) is 0 Å². The van der Waals surface area contributed by atoms with Gasteiger partial charge in [-0.25, -0.2) is 9.97 Å². The van der Waals surface area contributed by atoms with E-state index in [0.717, 1.165) is 11.3 Å². The monoisotopic (exact) mass is 257 g/mol. The summed E-state index contributed by atoms with van der Waals surface area (Å²) in [7, 11) is 1.66. The number of aliphatic carboxylic acids is 1. The normalized spacial score (nSPS) is 10.2. The number of hydrogen-bond donors (Lipinski definition) is 1. The van der Waals surface area contributed by atoms with E-state index in [-0.39, 0.29) is 6.54 Å². The van der Waals surface area contributed by atoms with E-state index < -0.39 is 5.97 Å². The van der Waals surface area contributed by atoms with Gasteiger partial charge in [0.05, 0.1) is 5.69 Å². The fraction of sp³-hybridized carbons (Fsp3) is 0.214. The first-order chi connectivity index (χ1) is 9.06. The SMILES string of the molecule is Cc1ccc(-c2ccnc(N(C)CC(=O)O)n2)cc1. The van der Waals surface area contributed by atoms with Crippen molar-refractivity contribution in [2.75, 3.05) is 18.5 Å². The van der Waals surface area contributed by atoms with Crippen LogP contribution in [0, 0.1) is 6.92 Å². The zero-order valence-corrected chi connectivity index (χ0v) is 10.9. The fourth-order valence-corrected chi connectivity index (χ4v) is 1.69. The highest BCUT2D eigenvalue weighted by Crippen LogP contribution is 2.18. The van der Waals surface area contributed by atoms with Crippen molar-refractivity contribution in [3.8, 4) is 11.3 Å². The Kier molecular flexibility index (Phi) is 3.75. The standard InChI is InChI=1S/C14H15N3O2/c1-10-3-5-11(6-4-10)12-7-8-15-14(16-12)17(2)9-13(18)19/h3-8H,9H2,1-2H3,(H,18,19). The van der Waals surface area contributed by atoms with Gasteiger partial charge in [0.15, 0.2) is 0 Å². The van der Waals surface area contributed by atoms with Gasteiger partial charge in [0.1, 0.15) is 6.54 Å². The Bertz CT molecular complexity index is 581. The maximum atomic E-state index is 10.7. The van der Waals surface area contributed by atoms with Crippen LogP contribution in [0.3, 0.4) is 0 Å². The van der Waals surface area contributed by atoms with Gasteiger partial charge < -0.3 is 10.0 Å². The highest BCUT2D eigenvalue weighted by atomic mass is 16.4. The summed E-state index contributed by atoms with van der Waals surface area (Å²) in [6.07, 6.45) is 1.63. The molecule has 0 unspecified atom stereocenters. The molecule has 2 aromatic rings. The third kappa shape index (κ3) is 3.28. The van der Waals surface area contributed by atoms with Gasteiger partial charge in [-0.1, -0.05) is 29.8 Å². The Labute approximate surface area is 111 Å². The predicted molar refractivity (Wildman–Crippen MR) is 73.1 cm³/mol. The number of benzene rings is 1. The first-order valence-corrected chi connectivity index (χ1v) is 5.89. The molecule has 0 aliphatic carbocycles. The maximum absolute atomic E-state index is 10.7. The second kappa shape index (κ2) is 5.48. The van der Waals surface area contributed by atoms with Crippen LogP contribution in [0.1, 0.15) is 5.56 Å². The molecule has 2 rings (SSSR count). The molecule has 0 aliphatic rings. The van der Waals surface area contributed by atoms with E-state index in [0.29, 0.717) is 5.95 Å². The Hall–Kier alpha value is -2.43. The summed E-state index contributed by atoms with van der Waals surface area (Å²) in [5.41, 5.74) is 2.95.